The van der Waals surface area contributed by atoms with Gasteiger partial charge in [-0.3, -0.25) is 14.9 Å². The van der Waals surface area contributed by atoms with E-state index < -0.39 is 23.4 Å². The average molecular weight is 225 g/mol. The van der Waals surface area contributed by atoms with Crippen molar-refractivity contribution < 1.29 is 14.4 Å². The monoisotopic (exact) mass is 225 g/mol. The zero-order valence-electron chi connectivity index (χ0n) is 7.44. The smallest absolute Gasteiger partial charge is 0.323 e. The normalized spacial score (nSPS) is 24.8. The maximum Gasteiger partial charge on any atom is 0.323 e. The van der Waals surface area contributed by atoms with E-state index in [2.05, 4.69) is 5.32 Å². The zero-order chi connectivity index (χ0) is 11.1. The molecular formula is C8H7N3O3S. The van der Waals surface area contributed by atoms with Gasteiger partial charge in [0, 0.05) is 4.88 Å². The molecule has 0 spiro atoms. The van der Waals surface area contributed by atoms with Crippen LogP contribution in [0.5, 0.6) is 0 Å². The van der Waals surface area contributed by atoms with E-state index in [4.69, 9.17) is 5.73 Å². The van der Waals surface area contributed by atoms with Gasteiger partial charge in [0.1, 0.15) is 0 Å². The molecule has 78 valence electrons. The molecule has 1 aliphatic heterocycles. The summed E-state index contributed by atoms with van der Waals surface area (Å²) in [5, 5.41) is 5.94. The van der Waals surface area contributed by atoms with Gasteiger partial charge in [0.15, 0.2) is 0 Å². The summed E-state index contributed by atoms with van der Waals surface area (Å²) in [7, 11) is 0. The van der Waals surface area contributed by atoms with Gasteiger partial charge < -0.3 is 11.1 Å². The van der Waals surface area contributed by atoms with Crippen LogP contribution in [0.25, 0.3) is 0 Å². The lowest BCUT2D eigenvalue weighted by Crippen LogP contribution is -2.53. The molecule has 1 saturated heterocycles. The number of rotatable bonds is 2. The van der Waals surface area contributed by atoms with Gasteiger partial charge in [0.2, 0.25) is 5.54 Å². The quantitative estimate of drug-likeness (QED) is 0.456. The Morgan fingerprint density at radius 3 is 2.60 bits per heavy atom. The number of urea groups is 1. The highest BCUT2D eigenvalue weighted by atomic mass is 32.1. The van der Waals surface area contributed by atoms with E-state index in [1.165, 1.54) is 11.3 Å². The highest BCUT2D eigenvalue weighted by Gasteiger charge is 2.53. The summed E-state index contributed by atoms with van der Waals surface area (Å²) in [6, 6.07) is 2.52. The van der Waals surface area contributed by atoms with Crippen molar-refractivity contribution in [2.75, 3.05) is 0 Å². The number of imide groups is 1. The minimum atomic E-state index is -1.74. The Bertz CT molecular complexity index is 442. The second-order valence-corrected chi connectivity index (χ2v) is 3.95. The SMILES string of the molecule is NC(=O)C1(c2cccs2)NC(=O)NC1=O. The number of hydrogen-bond acceptors (Lipinski definition) is 4. The van der Waals surface area contributed by atoms with Gasteiger partial charge in [-0.2, -0.15) is 0 Å². The molecule has 4 amide bonds. The second kappa shape index (κ2) is 3.06. The van der Waals surface area contributed by atoms with E-state index in [0.29, 0.717) is 4.88 Å². The molecule has 1 fully saturated rings. The molecule has 2 rings (SSSR count). The summed E-state index contributed by atoms with van der Waals surface area (Å²) in [5.74, 6) is -1.63. The molecular weight excluding hydrogens is 218 g/mol. The molecule has 0 saturated carbocycles. The number of nitrogens with two attached hydrogens (primary N) is 1. The molecule has 0 aliphatic carbocycles. The summed E-state index contributed by atoms with van der Waals surface area (Å²) >= 11 is 1.18. The molecule has 4 N–H and O–H groups in total. The fraction of sp³-hybridized carbons (Fsp3) is 0.125. The third-order valence-corrected chi connectivity index (χ3v) is 3.12. The van der Waals surface area contributed by atoms with Gasteiger partial charge in [-0.1, -0.05) is 6.07 Å². The molecule has 2 heterocycles. The Kier molecular flexibility index (Phi) is 1.97. The summed E-state index contributed by atoms with van der Waals surface area (Å²) in [6.07, 6.45) is 0. The van der Waals surface area contributed by atoms with Crippen molar-refractivity contribution in [3.63, 3.8) is 0 Å². The molecule has 1 aromatic rings. The standard InChI is InChI=1S/C8H7N3O3S/c9-5(12)8(4-2-1-3-15-4)6(13)10-7(14)11-8/h1-3H,(H2,9,12)(H2,10,11,13,14). The molecule has 1 atom stereocenters. The Balaban J connectivity index is 2.56. The fourth-order valence-electron chi connectivity index (χ4n) is 1.42. The number of amides is 4. The number of carbonyl (C=O) groups excluding carboxylic acids is 3. The van der Waals surface area contributed by atoms with Crippen molar-refractivity contribution in [3.8, 4) is 0 Å². The Labute approximate surface area is 88.4 Å². The minimum Gasteiger partial charge on any atom is -0.367 e. The lowest BCUT2D eigenvalue weighted by molar-refractivity contribution is -0.134. The predicted octanol–water partition coefficient (Wildman–Crippen LogP) is -0.732. The lowest BCUT2D eigenvalue weighted by Gasteiger charge is -2.19. The molecule has 15 heavy (non-hydrogen) atoms. The molecule has 7 heteroatoms. The summed E-state index contributed by atoms with van der Waals surface area (Å²) < 4.78 is 0. The lowest BCUT2D eigenvalue weighted by atomic mass is 9.97. The van der Waals surface area contributed by atoms with E-state index in [-0.39, 0.29) is 0 Å². The highest BCUT2D eigenvalue weighted by Crippen LogP contribution is 2.28. The molecule has 0 radical (unpaired) electrons. The van der Waals surface area contributed by atoms with Crippen molar-refractivity contribution in [1.82, 2.24) is 10.6 Å². The van der Waals surface area contributed by atoms with Crippen molar-refractivity contribution in [2.45, 2.75) is 5.54 Å². The van der Waals surface area contributed by atoms with Crippen LogP contribution in [-0.2, 0) is 15.1 Å². The van der Waals surface area contributed by atoms with E-state index >= 15 is 0 Å². The first-order valence-corrected chi connectivity index (χ1v) is 4.93. The van der Waals surface area contributed by atoms with E-state index in [1.807, 2.05) is 5.32 Å². The van der Waals surface area contributed by atoms with Crippen LogP contribution in [0.2, 0.25) is 0 Å². The van der Waals surface area contributed by atoms with E-state index in [9.17, 15) is 14.4 Å². The first-order chi connectivity index (χ1) is 7.07. The van der Waals surface area contributed by atoms with Gasteiger partial charge in [0.25, 0.3) is 11.8 Å². The van der Waals surface area contributed by atoms with Crippen LogP contribution in [0.15, 0.2) is 17.5 Å². The van der Waals surface area contributed by atoms with Crippen LogP contribution < -0.4 is 16.4 Å². The van der Waals surface area contributed by atoms with Gasteiger partial charge in [-0.05, 0) is 11.4 Å². The Hall–Kier alpha value is -1.89. The molecule has 1 aliphatic rings. The van der Waals surface area contributed by atoms with Gasteiger partial charge in [0.05, 0.1) is 0 Å². The molecule has 1 aromatic heterocycles. The van der Waals surface area contributed by atoms with Crippen LogP contribution in [0, 0.1) is 0 Å². The minimum absolute atomic E-state index is 0.401. The van der Waals surface area contributed by atoms with Crippen LogP contribution in [0.4, 0.5) is 4.79 Å². The first kappa shape index (κ1) is 9.66. The number of hydrogen-bond donors (Lipinski definition) is 3. The topological polar surface area (TPSA) is 101 Å². The highest BCUT2D eigenvalue weighted by molar-refractivity contribution is 7.10. The van der Waals surface area contributed by atoms with Crippen LogP contribution in [-0.4, -0.2) is 17.8 Å². The largest absolute Gasteiger partial charge is 0.367 e. The van der Waals surface area contributed by atoms with E-state index in [0.717, 1.165) is 0 Å². The maximum atomic E-state index is 11.6. The van der Waals surface area contributed by atoms with Gasteiger partial charge in [-0.25, -0.2) is 4.79 Å². The van der Waals surface area contributed by atoms with Crippen molar-refractivity contribution in [1.29, 1.82) is 0 Å². The van der Waals surface area contributed by atoms with Crippen molar-refractivity contribution >= 4 is 29.2 Å². The fourth-order valence-corrected chi connectivity index (χ4v) is 2.30. The third-order valence-electron chi connectivity index (χ3n) is 2.13. The van der Waals surface area contributed by atoms with Gasteiger partial charge in [-0.15, -0.1) is 11.3 Å². The van der Waals surface area contributed by atoms with Gasteiger partial charge >= 0.3 is 6.03 Å². The average Bonchev–Trinajstić information content (AvgIpc) is 2.72. The summed E-state index contributed by atoms with van der Waals surface area (Å²) in [4.78, 5) is 34.3. The zero-order valence-corrected chi connectivity index (χ0v) is 8.26. The third kappa shape index (κ3) is 1.20. The predicted molar refractivity (Wildman–Crippen MR) is 51.9 cm³/mol. The van der Waals surface area contributed by atoms with Crippen LogP contribution in [0.1, 0.15) is 4.88 Å². The Morgan fingerprint density at radius 2 is 2.20 bits per heavy atom. The molecule has 0 bridgehead atoms. The van der Waals surface area contributed by atoms with Crippen LogP contribution >= 0.6 is 11.3 Å². The summed E-state index contributed by atoms with van der Waals surface area (Å²) in [5.41, 5.74) is 3.42. The number of primary amides is 1. The number of nitrogens with one attached hydrogen (secondary N) is 2. The number of carbonyl (C=O) groups is 3. The molecule has 6 nitrogen and oxygen atoms in total. The molecule has 0 aromatic carbocycles. The second-order valence-electron chi connectivity index (χ2n) is 3.00. The van der Waals surface area contributed by atoms with Crippen molar-refractivity contribution in [3.05, 3.63) is 22.4 Å². The van der Waals surface area contributed by atoms with Crippen molar-refractivity contribution in [2.24, 2.45) is 5.73 Å². The molecule has 1 unspecified atom stereocenters. The van der Waals surface area contributed by atoms with E-state index in [1.54, 1.807) is 17.5 Å². The summed E-state index contributed by atoms with van der Waals surface area (Å²) in [6.45, 7) is 0. The number of thiophene rings is 1. The maximum absolute atomic E-state index is 11.6. The van der Waals surface area contributed by atoms with Crippen LogP contribution in [0.3, 0.4) is 0 Å². The Morgan fingerprint density at radius 1 is 1.47 bits per heavy atom. The first-order valence-electron chi connectivity index (χ1n) is 4.05.